The number of alkyl halides is 3. The Bertz CT molecular complexity index is 1050. The highest BCUT2D eigenvalue weighted by Crippen LogP contribution is 2.44. The third-order valence-corrected chi connectivity index (χ3v) is 5.73. The van der Waals surface area contributed by atoms with Gasteiger partial charge in [-0.15, -0.1) is 0 Å². The van der Waals surface area contributed by atoms with E-state index in [9.17, 15) is 27.6 Å². The van der Waals surface area contributed by atoms with Crippen LogP contribution in [-0.4, -0.2) is 73.1 Å². The smallest absolute Gasteiger partial charge is 0.407 e. The first-order chi connectivity index (χ1) is 16.5. The lowest BCUT2D eigenvalue weighted by Crippen LogP contribution is -2.56. The van der Waals surface area contributed by atoms with Crippen LogP contribution in [0.1, 0.15) is 24.0 Å². The molecule has 0 aromatic heterocycles. The van der Waals surface area contributed by atoms with Crippen molar-refractivity contribution in [2.24, 2.45) is 0 Å². The first-order valence-corrected chi connectivity index (χ1v) is 10.7. The second-order valence-electron chi connectivity index (χ2n) is 8.09. The molecule has 2 atom stereocenters. The molecule has 8 nitrogen and oxygen atoms in total. The highest BCUT2D eigenvalue weighted by atomic mass is 19.4. The number of halogens is 3. The normalized spacial score (nSPS) is 14.4. The molecule has 0 saturated carbocycles. The number of methoxy groups -OCH3 is 1. The number of benzene rings is 2. The van der Waals surface area contributed by atoms with Crippen molar-refractivity contribution in [3.05, 3.63) is 59.7 Å². The van der Waals surface area contributed by atoms with Crippen LogP contribution in [0.2, 0.25) is 0 Å². The molecule has 0 fully saturated rings. The number of carboxylic acid groups (broad SMARTS) is 1. The zero-order valence-electron chi connectivity index (χ0n) is 19.0. The first-order valence-electron chi connectivity index (χ1n) is 10.7. The van der Waals surface area contributed by atoms with Gasteiger partial charge in [-0.3, -0.25) is 9.59 Å². The molecule has 0 aliphatic heterocycles. The van der Waals surface area contributed by atoms with Crippen molar-refractivity contribution in [1.82, 2.24) is 10.2 Å². The molecule has 2 aromatic rings. The first kappa shape index (κ1) is 26.0. The Kier molecular flexibility index (Phi) is 8.00. The monoisotopic (exact) mass is 494 g/mol. The molecule has 1 aliphatic carbocycles. The average molecular weight is 494 g/mol. The fraction of sp³-hybridized carbons (Fsp3) is 0.375. The molecule has 11 heteroatoms. The highest BCUT2D eigenvalue weighted by Gasteiger charge is 2.39. The maximum Gasteiger partial charge on any atom is 0.407 e. The van der Waals surface area contributed by atoms with E-state index in [4.69, 9.17) is 14.6 Å². The molecule has 0 bridgehead atoms. The van der Waals surface area contributed by atoms with Gasteiger partial charge in [-0.25, -0.2) is 4.79 Å². The number of nitrogens with one attached hydrogen (secondary N) is 1. The number of nitrogens with zero attached hydrogens (tertiary/aromatic N) is 1. The van der Waals surface area contributed by atoms with Crippen LogP contribution in [0.3, 0.4) is 0 Å². The van der Waals surface area contributed by atoms with E-state index < -0.39 is 49.4 Å². The van der Waals surface area contributed by atoms with Crippen molar-refractivity contribution in [3.8, 4) is 11.1 Å². The maximum atomic E-state index is 12.9. The largest absolute Gasteiger partial charge is 0.480 e. The van der Waals surface area contributed by atoms with E-state index in [-0.39, 0.29) is 17.4 Å². The number of alkyl carbamates (subject to hydrolysis) is 1. The fourth-order valence-corrected chi connectivity index (χ4v) is 4.07. The predicted molar refractivity (Wildman–Crippen MR) is 119 cm³/mol. The predicted octanol–water partition coefficient (Wildman–Crippen LogP) is 3.40. The van der Waals surface area contributed by atoms with Crippen LogP contribution in [0.5, 0.6) is 0 Å². The average Bonchev–Trinajstić information content (AvgIpc) is 3.12. The number of amides is 2. The SMILES string of the molecule is COC(C)C(NC(=O)OCC1c2ccccc2-c2ccccc21)C(=O)N(CC(=O)O)CC(F)(F)F. The lowest BCUT2D eigenvalue weighted by molar-refractivity contribution is -0.168. The van der Waals surface area contributed by atoms with Gasteiger partial charge in [0.1, 0.15) is 25.7 Å². The summed E-state index contributed by atoms with van der Waals surface area (Å²) in [4.78, 5) is 36.5. The van der Waals surface area contributed by atoms with Crippen LogP contribution in [0, 0.1) is 0 Å². The Morgan fingerprint density at radius 3 is 2.09 bits per heavy atom. The summed E-state index contributed by atoms with van der Waals surface area (Å²) in [5, 5.41) is 11.2. The van der Waals surface area contributed by atoms with Crippen LogP contribution < -0.4 is 5.32 Å². The Hall–Kier alpha value is -3.60. The number of carbonyl (C=O) groups is 3. The minimum Gasteiger partial charge on any atom is -0.480 e. The summed E-state index contributed by atoms with van der Waals surface area (Å²) in [5.74, 6) is -3.16. The number of fused-ring (bicyclic) bond motifs is 3. The van der Waals surface area contributed by atoms with Gasteiger partial charge in [0.15, 0.2) is 0 Å². The van der Waals surface area contributed by atoms with Crippen LogP contribution >= 0.6 is 0 Å². The third kappa shape index (κ3) is 6.30. The number of hydrogen-bond acceptors (Lipinski definition) is 5. The van der Waals surface area contributed by atoms with Crippen LogP contribution in [-0.2, 0) is 19.1 Å². The quantitative estimate of drug-likeness (QED) is 0.554. The van der Waals surface area contributed by atoms with Gasteiger partial charge < -0.3 is 24.8 Å². The zero-order chi connectivity index (χ0) is 25.8. The second kappa shape index (κ2) is 10.8. The molecule has 0 spiro atoms. The van der Waals surface area contributed by atoms with E-state index in [1.54, 1.807) is 0 Å². The van der Waals surface area contributed by atoms with Crippen LogP contribution in [0.25, 0.3) is 11.1 Å². The van der Waals surface area contributed by atoms with Crippen molar-refractivity contribution in [1.29, 1.82) is 0 Å². The van der Waals surface area contributed by atoms with Gasteiger partial charge in [0.25, 0.3) is 0 Å². The van der Waals surface area contributed by atoms with Crippen molar-refractivity contribution >= 4 is 18.0 Å². The summed E-state index contributed by atoms with van der Waals surface area (Å²) in [7, 11) is 1.20. The van der Waals surface area contributed by atoms with Crippen LogP contribution in [0.4, 0.5) is 18.0 Å². The number of hydrogen-bond donors (Lipinski definition) is 2. The van der Waals surface area contributed by atoms with E-state index in [0.29, 0.717) is 0 Å². The van der Waals surface area contributed by atoms with Crippen molar-refractivity contribution in [3.63, 3.8) is 0 Å². The number of carboxylic acids is 1. The number of carbonyl (C=O) groups excluding carboxylic acids is 2. The number of ether oxygens (including phenoxy) is 2. The molecule has 3 rings (SSSR count). The Morgan fingerprint density at radius 1 is 1.06 bits per heavy atom. The molecule has 1 aliphatic rings. The topological polar surface area (TPSA) is 105 Å². The molecular weight excluding hydrogens is 469 g/mol. The number of rotatable bonds is 9. The molecule has 188 valence electrons. The molecule has 2 aromatic carbocycles. The molecule has 2 amide bonds. The van der Waals surface area contributed by atoms with Gasteiger partial charge in [-0.2, -0.15) is 13.2 Å². The minimum absolute atomic E-state index is 0.0798. The molecule has 2 unspecified atom stereocenters. The third-order valence-electron chi connectivity index (χ3n) is 5.73. The standard InChI is InChI=1S/C24H25F3N2O6/c1-14(34-2)21(22(32)29(11-20(30)31)13-24(25,26)27)28-23(33)35-12-19-17-9-5-3-7-15(17)16-8-4-6-10-18(16)19/h3-10,14,19,21H,11-13H2,1-2H3,(H,28,33)(H,30,31). The van der Waals surface area contributed by atoms with E-state index in [1.165, 1.54) is 14.0 Å². The van der Waals surface area contributed by atoms with E-state index in [1.807, 2.05) is 48.5 Å². The van der Waals surface area contributed by atoms with Crippen molar-refractivity contribution < 1.29 is 42.1 Å². The summed E-state index contributed by atoms with van der Waals surface area (Å²) in [6, 6.07) is 13.7. The highest BCUT2D eigenvalue weighted by molar-refractivity contribution is 5.88. The van der Waals surface area contributed by atoms with Gasteiger partial charge in [0.05, 0.1) is 6.10 Å². The Morgan fingerprint density at radius 2 is 1.60 bits per heavy atom. The van der Waals surface area contributed by atoms with Crippen molar-refractivity contribution in [2.75, 3.05) is 26.8 Å². The summed E-state index contributed by atoms with van der Waals surface area (Å²) in [6.45, 7) is -1.71. The summed E-state index contributed by atoms with van der Waals surface area (Å²) in [6.07, 6.45) is -6.95. The Balaban J connectivity index is 1.73. The molecule has 2 N–H and O–H groups in total. The summed E-state index contributed by atoms with van der Waals surface area (Å²) < 4.78 is 49.2. The second-order valence-corrected chi connectivity index (χ2v) is 8.09. The number of aliphatic carboxylic acids is 1. The minimum atomic E-state index is -4.84. The van der Waals surface area contributed by atoms with Gasteiger partial charge in [0, 0.05) is 13.0 Å². The summed E-state index contributed by atoms with van der Waals surface area (Å²) >= 11 is 0. The van der Waals surface area contributed by atoms with Crippen LogP contribution in [0.15, 0.2) is 48.5 Å². The molecule has 35 heavy (non-hydrogen) atoms. The lowest BCUT2D eigenvalue weighted by Gasteiger charge is -2.29. The zero-order valence-corrected chi connectivity index (χ0v) is 19.0. The molecule has 0 heterocycles. The molecule has 0 saturated heterocycles. The molecule has 0 radical (unpaired) electrons. The molecular formula is C24H25F3N2O6. The summed E-state index contributed by atoms with van der Waals surface area (Å²) in [5.41, 5.74) is 3.93. The van der Waals surface area contributed by atoms with Crippen molar-refractivity contribution in [2.45, 2.75) is 31.2 Å². The Labute approximate surface area is 199 Å². The lowest BCUT2D eigenvalue weighted by atomic mass is 9.98. The van der Waals surface area contributed by atoms with Gasteiger partial charge in [0.2, 0.25) is 5.91 Å². The van der Waals surface area contributed by atoms with E-state index in [2.05, 4.69) is 5.32 Å². The maximum absolute atomic E-state index is 12.9. The fourth-order valence-electron chi connectivity index (χ4n) is 4.07. The van der Waals surface area contributed by atoms with E-state index >= 15 is 0 Å². The van der Waals surface area contributed by atoms with Gasteiger partial charge in [-0.1, -0.05) is 48.5 Å². The van der Waals surface area contributed by atoms with Gasteiger partial charge in [-0.05, 0) is 29.2 Å². The van der Waals surface area contributed by atoms with E-state index in [0.717, 1.165) is 22.3 Å². The van der Waals surface area contributed by atoms with Gasteiger partial charge >= 0.3 is 18.2 Å².